The molecule has 1 heterocycles. The van der Waals surface area contributed by atoms with E-state index in [0.29, 0.717) is 0 Å². The molecule has 14 rings (SSSR count). The summed E-state index contributed by atoms with van der Waals surface area (Å²) in [6.45, 7) is 0. The van der Waals surface area contributed by atoms with Gasteiger partial charge in [-0.1, -0.05) is 200 Å². The molecule has 0 unspecified atom stereocenters. The molecular weight excluding hydrogens is 785 g/mol. The van der Waals surface area contributed by atoms with Crippen LogP contribution in [0.2, 0.25) is 0 Å². The summed E-state index contributed by atoms with van der Waals surface area (Å²) in [5.74, 6) is 0. The monoisotopic (exact) mass is 822 g/mol. The smallest absolute Gasteiger partial charge is 0.143 e. The Morgan fingerprint density at radius 2 is 0.769 bits per heavy atom. The van der Waals surface area contributed by atoms with Gasteiger partial charge in [-0.15, -0.1) is 0 Å². The molecular formula is C64H38O. The maximum absolute atomic E-state index is 7.07. The summed E-state index contributed by atoms with van der Waals surface area (Å²) in [7, 11) is 0. The minimum Gasteiger partial charge on any atom is -0.455 e. The van der Waals surface area contributed by atoms with Gasteiger partial charge in [-0.2, -0.15) is 0 Å². The van der Waals surface area contributed by atoms with E-state index in [9.17, 15) is 0 Å². The molecule has 0 saturated carbocycles. The van der Waals surface area contributed by atoms with Crippen LogP contribution in [0.25, 0.3) is 143 Å². The molecule has 0 radical (unpaired) electrons. The van der Waals surface area contributed by atoms with Gasteiger partial charge in [-0.3, -0.25) is 0 Å². The lowest BCUT2D eigenvalue weighted by molar-refractivity contribution is 0.670. The van der Waals surface area contributed by atoms with Crippen molar-refractivity contribution >= 4 is 65.0 Å². The zero-order valence-corrected chi connectivity index (χ0v) is 35.3. The SMILES string of the molecule is c1ccc(-c2ccc3oc4c(-c5ccc6c7c(cccc57)-c5c-6c(-c6ccccc6)c6ccccc6c5-c5ccccc5)cc(-c5cc6ccccc6c6ccccc56)cc4c3c2)cc1. The van der Waals surface area contributed by atoms with Crippen LogP contribution >= 0.6 is 0 Å². The fourth-order valence-electron chi connectivity index (χ4n) is 11.2. The standard InChI is InChI=1S/C64H38O/c1-4-17-39(18-5-1)42-31-34-58-55(35-42)57-38-44(54-36-43-23-10-11-24-45(43)46-25-12-13-26-47(46)54)37-56(64(57)65-58)48-32-33-53-61-49(48)29-16-30-52(61)62-59(40-19-6-2-7-20-40)50-27-14-15-28-51(50)60(63(53)62)41-21-8-3-9-22-41/h1-38H. The summed E-state index contributed by atoms with van der Waals surface area (Å²) in [6.07, 6.45) is 0. The number of furan rings is 1. The Labute approximate surface area is 376 Å². The highest BCUT2D eigenvalue weighted by Crippen LogP contribution is 2.59. The second kappa shape index (κ2) is 14.0. The Kier molecular flexibility index (Phi) is 7.75. The van der Waals surface area contributed by atoms with Crippen LogP contribution in [-0.2, 0) is 0 Å². The lowest BCUT2D eigenvalue weighted by atomic mass is 9.82. The first kappa shape index (κ1) is 36.0. The van der Waals surface area contributed by atoms with Gasteiger partial charge in [0.05, 0.1) is 0 Å². The molecule has 1 nitrogen and oxygen atoms in total. The number of hydrogen-bond acceptors (Lipinski definition) is 1. The van der Waals surface area contributed by atoms with Crippen LogP contribution in [0.5, 0.6) is 0 Å². The topological polar surface area (TPSA) is 13.1 Å². The van der Waals surface area contributed by atoms with Crippen molar-refractivity contribution in [3.8, 4) is 77.9 Å². The lowest BCUT2D eigenvalue weighted by Crippen LogP contribution is -1.93. The maximum atomic E-state index is 7.07. The van der Waals surface area contributed by atoms with Crippen LogP contribution in [0, 0.1) is 0 Å². The van der Waals surface area contributed by atoms with Crippen LogP contribution < -0.4 is 0 Å². The maximum Gasteiger partial charge on any atom is 0.143 e. The van der Waals surface area contributed by atoms with E-state index in [-0.39, 0.29) is 0 Å². The summed E-state index contributed by atoms with van der Waals surface area (Å²) in [5, 5.41) is 12.2. The minimum absolute atomic E-state index is 0.881. The Bertz CT molecular complexity index is 3990. The fourth-order valence-corrected chi connectivity index (χ4v) is 11.2. The average molecular weight is 823 g/mol. The molecule has 0 spiro atoms. The molecule has 0 bridgehead atoms. The van der Waals surface area contributed by atoms with Gasteiger partial charge in [0, 0.05) is 16.3 Å². The Morgan fingerprint density at radius 1 is 0.231 bits per heavy atom. The Hall–Kier alpha value is -8.52. The van der Waals surface area contributed by atoms with Crippen LogP contribution in [0.1, 0.15) is 0 Å². The third kappa shape index (κ3) is 5.33. The highest BCUT2D eigenvalue weighted by Gasteiger charge is 2.32. The van der Waals surface area contributed by atoms with Crippen molar-refractivity contribution in [1.82, 2.24) is 0 Å². The highest BCUT2D eigenvalue weighted by molar-refractivity contribution is 6.29. The molecule has 1 aliphatic rings. The lowest BCUT2D eigenvalue weighted by Gasteiger charge is -2.20. The molecule has 0 N–H and O–H groups in total. The summed E-state index contributed by atoms with van der Waals surface area (Å²) in [4.78, 5) is 0. The van der Waals surface area contributed by atoms with Gasteiger partial charge >= 0.3 is 0 Å². The van der Waals surface area contributed by atoms with Crippen LogP contribution in [0.3, 0.4) is 0 Å². The molecule has 0 atom stereocenters. The predicted molar refractivity (Wildman–Crippen MR) is 275 cm³/mol. The van der Waals surface area contributed by atoms with Crippen LogP contribution in [0.4, 0.5) is 0 Å². The van der Waals surface area contributed by atoms with E-state index in [1.54, 1.807) is 0 Å². The van der Waals surface area contributed by atoms with E-state index in [4.69, 9.17) is 4.42 Å². The normalized spacial score (nSPS) is 12.0. The van der Waals surface area contributed by atoms with Crippen molar-refractivity contribution in [2.45, 2.75) is 0 Å². The summed E-state index contributed by atoms with van der Waals surface area (Å²) < 4.78 is 7.07. The predicted octanol–water partition coefficient (Wildman–Crippen LogP) is 18.2. The molecule has 0 fully saturated rings. The molecule has 13 aromatic rings. The quantitative estimate of drug-likeness (QED) is 0.158. The molecule has 300 valence electrons. The van der Waals surface area contributed by atoms with Gasteiger partial charge in [-0.25, -0.2) is 0 Å². The van der Waals surface area contributed by atoms with Crippen molar-refractivity contribution in [2.75, 3.05) is 0 Å². The van der Waals surface area contributed by atoms with Gasteiger partial charge in [0.25, 0.3) is 0 Å². The summed E-state index contributed by atoms with van der Waals surface area (Å²) in [6, 6.07) is 84.7. The average Bonchev–Trinajstić information content (AvgIpc) is 3.92. The van der Waals surface area contributed by atoms with Crippen molar-refractivity contribution in [1.29, 1.82) is 0 Å². The van der Waals surface area contributed by atoms with Gasteiger partial charge < -0.3 is 4.42 Å². The zero-order chi connectivity index (χ0) is 42.6. The molecule has 1 heteroatoms. The molecule has 1 aromatic heterocycles. The van der Waals surface area contributed by atoms with Gasteiger partial charge in [-0.05, 0) is 146 Å². The first-order valence-electron chi connectivity index (χ1n) is 22.5. The second-order valence-electron chi connectivity index (χ2n) is 17.4. The van der Waals surface area contributed by atoms with E-state index >= 15 is 0 Å². The van der Waals surface area contributed by atoms with Crippen LogP contribution in [-0.4, -0.2) is 0 Å². The van der Waals surface area contributed by atoms with Crippen LogP contribution in [0.15, 0.2) is 235 Å². The molecule has 0 aliphatic heterocycles. The van der Waals surface area contributed by atoms with E-state index in [1.807, 2.05) is 0 Å². The van der Waals surface area contributed by atoms with Crippen molar-refractivity contribution in [3.63, 3.8) is 0 Å². The molecule has 0 saturated heterocycles. The largest absolute Gasteiger partial charge is 0.455 e. The molecule has 0 amide bonds. The van der Waals surface area contributed by atoms with Crippen molar-refractivity contribution in [3.05, 3.63) is 231 Å². The molecule has 12 aromatic carbocycles. The Balaban J connectivity index is 1.10. The zero-order valence-electron chi connectivity index (χ0n) is 35.3. The number of hydrogen-bond donors (Lipinski definition) is 0. The highest BCUT2D eigenvalue weighted by atomic mass is 16.3. The first-order chi connectivity index (χ1) is 32.3. The van der Waals surface area contributed by atoms with E-state index < -0.39 is 0 Å². The van der Waals surface area contributed by atoms with Gasteiger partial charge in [0.2, 0.25) is 0 Å². The van der Waals surface area contributed by atoms with Crippen molar-refractivity contribution < 1.29 is 4.42 Å². The number of rotatable bonds is 5. The van der Waals surface area contributed by atoms with E-state index in [1.165, 1.54) is 104 Å². The minimum atomic E-state index is 0.881. The van der Waals surface area contributed by atoms with E-state index in [0.717, 1.165) is 38.6 Å². The summed E-state index contributed by atoms with van der Waals surface area (Å²) >= 11 is 0. The second-order valence-corrected chi connectivity index (χ2v) is 17.4. The fraction of sp³-hybridized carbons (Fsp3) is 0. The third-order valence-corrected chi connectivity index (χ3v) is 14.0. The number of benzene rings is 12. The number of fused-ring (bicyclic) bond motifs is 10. The summed E-state index contributed by atoms with van der Waals surface area (Å²) in [5.41, 5.74) is 18.9. The molecule has 65 heavy (non-hydrogen) atoms. The van der Waals surface area contributed by atoms with Gasteiger partial charge in [0.1, 0.15) is 11.2 Å². The van der Waals surface area contributed by atoms with Crippen molar-refractivity contribution in [2.24, 2.45) is 0 Å². The molecule has 1 aliphatic carbocycles. The first-order valence-corrected chi connectivity index (χ1v) is 22.5. The third-order valence-electron chi connectivity index (χ3n) is 14.0. The van der Waals surface area contributed by atoms with E-state index in [2.05, 4.69) is 231 Å². The van der Waals surface area contributed by atoms with Gasteiger partial charge in [0.15, 0.2) is 0 Å². The Morgan fingerprint density at radius 3 is 1.46 bits per heavy atom.